The third kappa shape index (κ3) is 36.7. The van der Waals surface area contributed by atoms with E-state index < -0.39 is 0 Å². The minimum absolute atomic E-state index is 1.00. The van der Waals surface area contributed by atoms with E-state index in [0.717, 1.165) is 12.8 Å². The zero-order valence-corrected chi connectivity index (χ0v) is 39.5. The van der Waals surface area contributed by atoms with E-state index in [1.54, 1.807) is 5.56 Å². The maximum atomic E-state index is 4.23. The molecule has 0 aliphatic carbocycles. The molecule has 323 valence electrons. The number of unbranched alkanes of at least 4 members (excludes halogenated alkanes) is 38. The quantitative estimate of drug-likeness (QED) is 0.0476. The number of rotatable bonds is 46. The maximum Gasteiger partial charge on any atom is 0.0115 e. The summed E-state index contributed by atoms with van der Waals surface area (Å²) in [5, 5.41) is 0. The van der Waals surface area contributed by atoms with Crippen molar-refractivity contribution in [2.75, 3.05) is 11.5 Å². The Bertz CT molecular complexity index is 800. The Hall–Kier alpha value is -0.0800. The molecule has 0 bridgehead atoms. The maximum absolute atomic E-state index is 4.23. The molecule has 1 aromatic carbocycles. The Morgan fingerprint density at radius 1 is 0.327 bits per heavy atom. The Labute approximate surface area is 357 Å². The van der Waals surface area contributed by atoms with Crippen LogP contribution in [0.3, 0.4) is 0 Å². The fourth-order valence-electron chi connectivity index (χ4n) is 8.32. The topological polar surface area (TPSA) is 0 Å². The van der Waals surface area contributed by atoms with E-state index in [4.69, 9.17) is 0 Å². The molecule has 55 heavy (non-hydrogen) atoms. The van der Waals surface area contributed by atoms with Crippen LogP contribution in [0.4, 0.5) is 0 Å². The zero-order valence-electron chi connectivity index (χ0n) is 37.9. The van der Waals surface area contributed by atoms with E-state index in [2.05, 4.69) is 62.5 Å². The second-order valence-electron chi connectivity index (χ2n) is 17.5. The number of hydrogen-bond donors (Lipinski definition) is 0. The first-order valence-corrected chi connectivity index (χ1v) is 27.5. The van der Waals surface area contributed by atoms with Crippen LogP contribution in [0, 0.1) is 6.92 Å². The first-order chi connectivity index (χ1) is 27.3. The minimum Gasteiger partial charge on any atom is -0.126 e. The van der Waals surface area contributed by atoms with Crippen molar-refractivity contribution in [1.29, 1.82) is 0 Å². The summed E-state index contributed by atoms with van der Waals surface area (Å²) in [4.78, 5) is 3.07. The summed E-state index contributed by atoms with van der Waals surface area (Å²) in [5.74, 6) is 2.55. The van der Waals surface area contributed by atoms with Gasteiger partial charge in [0.25, 0.3) is 0 Å². The van der Waals surface area contributed by atoms with Crippen molar-refractivity contribution < 1.29 is 0 Å². The van der Waals surface area contributed by atoms with Crippen molar-refractivity contribution in [2.45, 2.75) is 293 Å². The molecular formula is C53H99S2. The van der Waals surface area contributed by atoms with E-state index in [-0.39, 0.29) is 0 Å². The molecule has 0 aliphatic heterocycles. The molecule has 1 rings (SSSR count). The molecule has 0 heterocycles. The largest absolute Gasteiger partial charge is 0.126 e. The van der Waals surface area contributed by atoms with Crippen LogP contribution >= 0.6 is 23.5 Å². The molecule has 0 fully saturated rings. The highest BCUT2D eigenvalue weighted by Crippen LogP contribution is 2.34. The van der Waals surface area contributed by atoms with E-state index in [9.17, 15) is 0 Å². The van der Waals surface area contributed by atoms with Crippen molar-refractivity contribution >= 4 is 23.5 Å². The standard InChI is InChI=1S/C53H99S2/c1-4-7-9-11-13-15-17-19-21-23-25-27-29-31-33-35-37-39-41-43-49-54-52-47-45-48-53(51(52)46-6-3)55-50-44-42-40-38-36-34-32-30-28-26-24-22-20-18-16-14-12-10-8-5-2/h45,47-48H,3-44,46,49-50H2,1-2H3. The van der Waals surface area contributed by atoms with E-state index in [1.807, 2.05) is 0 Å². The Kier molecular flexibility index (Phi) is 43.3. The Balaban J connectivity index is 1.94. The van der Waals surface area contributed by atoms with Gasteiger partial charge in [0.2, 0.25) is 0 Å². The van der Waals surface area contributed by atoms with E-state index in [0.29, 0.717) is 0 Å². The van der Waals surface area contributed by atoms with Crippen LogP contribution < -0.4 is 0 Å². The van der Waals surface area contributed by atoms with E-state index >= 15 is 0 Å². The van der Waals surface area contributed by atoms with Gasteiger partial charge in [-0.2, -0.15) is 0 Å². The van der Waals surface area contributed by atoms with Crippen LogP contribution in [-0.2, 0) is 6.42 Å². The fourth-order valence-corrected chi connectivity index (χ4v) is 10.6. The molecule has 0 amide bonds. The summed E-state index contributed by atoms with van der Waals surface area (Å²) in [7, 11) is 0. The van der Waals surface area contributed by atoms with Crippen molar-refractivity contribution in [3.8, 4) is 0 Å². The molecule has 2 heteroatoms. The van der Waals surface area contributed by atoms with Crippen molar-refractivity contribution in [3.05, 3.63) is 30.7 Å². The number of hydrogen-bond acceptors (Lipinski definition) is 2. The predicted molar refractivity (Wildman–Crippen MR) is 258 cm³/mol. The molecule has 0 atom stereocenters. The lowest BCUT2D eigenvalue weighted by Crippen LogP contribution is -1.94. The Morgan fingerprint density at radius 3 is 0.764 bits per heavy atom. The summed E-state index contributed by atoms with van der Waals surface area (Å²) < 4.78 is 0. The molecule has 0 saturated carbocycles. The molecular weight excluding hydrogens is 701 g/mol. The molecule has 0 N–H and O–H groups in total. The van der Waals surface area contributed by atoms with Gasteiger partial charge < -0.3 is 0 Å². The van der Waals surface area contributed by atoms with Crippen LogP contribution in [-0.4, -0.2) is 11.5 Å². The average molecular weight is 801 g/mol. The van der Waals surface area contributed by atoms with Gasteiger partial charge in [0.05, 0.1) is 0 Å². The summed E-state index contributed by atoms with van der Waals surface area (Å²) in [6, 6.07) is 7.08. The van der Waals surface area contributed by atoms with Gasteiger partial charge in [0, 0.05) is 9.79 Å². The molecule has 1 radical (unpaired) electrons. The highest BCUT2D eigenvalue weighted by Gasteiger charge is 2.09. The smallest absolute Gasteiger partial charge is 0.0115 e. The van der Waals surface area contributed by atoms with Gasteiger partial charge in [-0.05, 0) is 54.9 Å². The van der Waals surface area contributed by atoms with Gasteiger partial charge in [0.1, 0.15) is 0 Å². The number of thioether (sulfide) groups is 2. The van der Waals surface area contributed by atoms with Gasteiger partial charge in [-0.15, -0.1) is 23.5 Å². The van der Waals surface area contributed by atoms with Crippen LogP contribution in [0.25, 0.3) is 0 Å². The summed E-state index contributed by atoms with van der Waals surface area (Å²) >= 11 is 4.24. The first-order valence-electron chi connectivity index (χ1n) is 25.5. The van der Waals surface area contributed by atoms with Gasteiger partial charge in [-0.3, -0.25) is 0 Å². The molecule has 0 unspecified atom stereocenters. The summed E-state index contributed by atoms with van der Waals surface area (Å²) in [5.41, 5.74) is 1.59. The summed E-state index contributed by atoms with van der Waals surface area (Å²) in [6.07, 6.45) is 60.3. The van der Waals surface area contributed by atoms with Gasteiger partial charge in [-0.1, -0.05) is 271 Å². The van der Waals surface area contributed by atoms with Crippen molar-refractivity contribution in [3.63, 3.8) is 0 Å². The van der Waals surface area contributed by atoms with Crippen LogP contribution in [0.15, 0.2) is 28.0 Å². The van der Waals surface area contributed by atoms with Crippen LogP contribution in [0.5, 0.6) is 0 Å². The predicted octanol–water partition coefficient (Wildman–Crippen LogP) is 20.3. The normalized spacial score (nSPS) is 11.6. The van der Waals surface area contributed by atoms with Crippen molar-refractivity contribution in [1.82, 2.24) is 0 Å². The van der Waals surface area contributed by atoms with Gasteiger partial charge in [-0.25, -0.2) is 0 Å². The first kappa shape index (κ1) is 52.9. The average Bonchev–Trinajstić information content (AvgIpc) is 3.20. The molecule has 0 spiro atoms. The zero-order chi connectivity index (χ0) is 39.4. The van der Waals surface area contributed by atoms with Gasteiger partial charge in [0.15, 0.2) is 0 Å². The lowest BCUT2D eigenvalue weighted by molar-refractivity contribution is 0.523. The van der Waals surface area contributed by atoms with E-state index in [1.165, 1.54) is 278 Å². The fraction of sp³-hybridized carbons (Fsp3) is 0.868. The molecule has 0 aromatic heterocycles. The summed E-state index contributed by atoms with van der Waals surface area (Å²) in [6.45, 7) is 8.85. The second-order valence-corrected chi connectivity index (χ2v) is 19.7. The van der Waals surface area contributed by atoms with Crippen LogP contribution in [0.2, 0.25) is 0 Å². The molecule has 0 nitrogen and oxygen atoms in total. The minimum atomic E-state index is 1.00. The monoisotopic (exact) mass is 800 g/mol. The van der Waals surface area contributed by atoms with Crippen LogP contribution in [0.1, 0.15) is 283 Å². The molecule has 1 aromatic rings. The van der Waals surface area contributed by atoms with Gasteiger partial charge >= 0.3 is 0 Å². The molecule has 0 saturated heterocycles. The second kappa shape index (κ2) is 45.0. The Morgan fingerprint density at radius 2 is 0.545 bits per heavy atom. The number of benzene rings is 1. The highest BCUT2D eigenvalue weighted by atomic mass is 32.2. The SMILES string of the molecule is [CH2]CCc1c(SCCCCCCCCCCCCCCCCCCCCCC)cccc1SCCCCCCCCCCCCCCCCCCCCCC. The molecule has 0 aliphatic rings. The lowest BCUT2D eigenvalue weighted by atomic mass is 10.0. The van der Waals surface area contributed by atoms with Crippen molar-refractivity contribution in [2.24, 2.45) is 0 Å². The highest BCUT2D eigenvalue weighted by molar-refractivity contribution is 8.00. The third-order valence-corrected chi connectivity index (χ3v) is 14.4. The third-order valence-electron chi connectivity index (χ3n) is 12.0. The lowest BCUT2D eigenvalue weighted by Gasteiger charge is -2.14.